The Bertz CT molecular complexity index is 846. The lowest BCUT2D eigenvalue weighted by atomic mass is 10.2. The maximum Gasteiger partial charge on any atom is 0.258 e. The molecule has 0 unspecified atom stereocenters. The van der Waals surface area contributed by atoms with E-state index in [4.69, 9.17) is 16.7 Å². The summed E-state index contributed by atoms with van der Waals surface area (Å²) in [5, 5.41) is 12.4. The average Bonchev–Trinajstić information content (AvgIpc) is 3.02. The molecule has 122 valence electrons. The number of nitrogens with zero attached hydrogens (tertiary/aromatic N) is 3. The molecule has 0 bridgehead atoms. The van der Waals surface area contributed by atoms with Crippen LogP contribution in [0, 0.1) is 0 Å². The van der Waals surface area contributed by atoms with Crippen LogP contribution in [0.3, 0.4) is 0 Å². The van der Waals surface area contributed by atoms with Gasteiger partial charge in [0, 0.05) is 24.0 Å². The zero-order valence-corrected chi connectivity index (χ0v) is 13.4. The molecule has 0 atom stereocenters. The summed E-state index contributed by atoms with van der Waals surface area (Å²) in [5.74, 6) is 0.147. The molecule has 0 saturated carbocycles. The van der Waals surface area contributed by atoms with Gasteiger partial charge < -0.3 is 15.0 Å². The van der Waals surface area contributed by atoms with Crippen molar-refractivity contribution in [1.82, 2.24) is 14.5 Å². The number of hydrogen-bond donors (Lipinski definition) is 2. The highest BCUT2D eigenvalue weighted by atomic mass is 35.5. The number of anilines is 1. The number of pyridine rings is 1. The maximum atomic E-state index is 12.1. The standard InChI is InChI=1S/C17H15ClN4O2/c18-14-3-1-2-12(6-14)8-22-9-16(20-11-22)21-17(24)13-4-5-15(10-23)19-7-13/h1-7,9,11,23H,8,10H2,(H,21,24). The van der Waals surface area contributed by atoms with E-state index in [0.717, 1.165) is 5.56 Å². The zero-order chi connectivity index (χ0) is 16.9. The molecule has 0 fully saturated rings. The van der Waals surface area contributed by atoms with Crippen LogP contribution < -0.4 is 5.32 Å². The van der Waals surface area contributed by atoms with E-state index in [-0.39, 0.29) is 12.5 Å². The first-order valence-corrected chi connectivity index (χ1v) is 7.65. The number of rotatable bonds is 5. The second kappa shape index (κ2) is 7.25. The number of imidazole rings is 1. The molecule has 2 aromatic heterocycles. The average molecular weight is 343 g/mol. The number of carbonyl (C=O) groups is 1. The van der Waals surface area contributed by atoms with Crippen LogP contribution in [0.4, 0.5) is 5.82 Å². The third kappa shape index (κ3) is 3.98. The summed E-state index contributed by atoms with van der Waals surface area (Å²) in [5.41, 5.74) is 1.95. The Morgan fingerprint density at radius 2 is 2.12 bits per heavy atom. The number of nitrogens with one attached hydrogen (secondary N) is 1. The Balaban J connectivity index is 1.65. The van der Waals surface area contributed by atoms with Crippen molar-refractivity contribution in [3.63, 3.8) is 0 Å². The van der Waals surface area contributed by atoms with Crippen LogP contribution in [0.25, 0.3) is 0 Å². The van der Waals surface area contributed by atoms with Crippen LogP contribution in [-0.2, 0) is 13.2 Å². The molecule has 0 aliphatic carbocycles. The number of benzene rings is 1. The lowest BCUT2D eigenvalue weighted by molar-refractivity contribution is 0.102. The largest absolute Gasteiger partial charge is 0.390 e. The van der Waals surface area contributed by atoms with Crippen LogP contribution in [0.15, 0.2) is 55.1 Å². The van der Waals surface area contributed by atoms with Crippen LogP contribution in [0.5, 0.6) is 0 Å². The number of hydrogen-bond acceptors (Lipinski definition) is 4. The van der Waals surface area contributed by atoms with Crippen LogP contribution in [0.2, 0.25) is 5.02 Å². The van der Waals surface area contributed by atoms with Crippen molar-refractivity contribution >= 4 is 23.3 Å². The Morgan fingerprint density at radius 1 is 1.25 bits per heavy atom. The number of halogens is 1. The van der Waals surface area contributed by atoms with Crippen molar-refractivity contribution in [2.75, 3.05) is 5.32 Å². The second-order valence-electron chi connectivity index (χ2n) is 5.21. The molecule has 1 amide bonds. The number of carbonyl (C=O) groups excluding carboxylic acids is 1. The first-order chi connectivity index (χ1) is 11.6. The zero-order valence-electron chi connectivity index (χ0n) is 12.7. The minimum atomic E-state index is -0.306. The summed E-state index contributed by atoms with van der Waals surface area (Å²) >= 11 is 5.97. The monoisotopic (exact) mass is 342 g/mol. The number of aliphatic hydroxyl groups excluding tert-OH is 1. The van der Waals surface area contributed by atoms with Crippen molar-refractivity contribution in [1.29, 1.82) is 0 Å². The first-order valence-electron chi connectivity index (χ1n) is 7.27. The highest BCUT2D eigenvalue weighted by Crippen LogP contribution is 2.13. The van der Waals surface area contributed by atoms with Gasteiger partial charge in [-0.2, -0.15) is 0 Å². The van der Waals surface area contributed by atoms with E-state index >= 15 is 0 Å². The second-order valence-corrected chi connectivity index (χ2v) is 5.65. The fourth-order valence-electron chi connectivity index (χ4n) is 2.20. The molecule has 7 heteroatoms. The van der Waals surface area contributed by atoms with E-state index in [1.54, 1.807) is 24.7 Å². The molecule has 6 nitrogen and oxygen atoms in total. The van der Waals surface area contributed by atoms with Crippen LogP contribution in [-0.4, -0.2) is 25.5 Å². The van der Waals surface area contributed by atoms with E-state index in [2.05, 4.69) is 15.3 Å². The molecule has 2 N–H and O–H groups in total. The molecule has 0 aliphatic rings. The van der Waals surface area contributed by atoms with Crippen molar-refractivity contribution in [2.45, 2.75) is 13.2 Å². The number of amides is 1. The van der Waals surface area contributed by atoms with Crippen molar-refractivity contribution in [3.8, 4) is 0 Å². The quantitative estimate of drug-likeness (QED) is 0.747. The molecule has 2 heterocycles. The number of aromatic nitrogens is 3. The third-order valence-corrected chi connectivity index (χ3v) is 3.61. The SMILES string of the molecule is O=C(Nc1cn(Cc2cccc(Cl)c2)cn1)c1ccc(CO)nc1. The van der Waals surface area contributed by atoms with Gasteiger partial charge in [-0.05, 0) is 29.8 Å². The molecule has 0 spiro atoms. The van der Waals surface area contributed by atoms with Gasteiger partial charge in [0.25, 0.3) is 5.91 Å². The molecule has 0 saturated heterocycles. The third-order valence-electron chi connectivity index (χ3n) is 3.38. The van der Waals surface area contributed by atoms with E-state index < -0.39 is 0 Å². The highest BCUT2D eigenvalue weighted by Gasteiger charge is 2.09. The first kappa shape index (κ1) is 16.2. The lowest BCUT2D eigenvalue weighted by Gasteiger charge is -2.03. The van der Waals surface area contributed by atoms with Gasteiger partial charge >= 0.3 is 0 Å². The topological polar surface area (TPSA) is 80.0 Å². The van der Waals surface area contributed by atoms with Gasteiger partial charge in [0.15, 0.2) is 5.82 Å². The van der Waals surface area contributed by atoms with Gasteiger partial charge in [-0.15, -0.1) is 0 Å². The lowest BCUT2D eigenvalue weighted by Crippen LogP contribution is -2.12. The Hall–Kier alpha value is -2.70. The fourth-order valence-corrected chi connectivity index (χ4v) is 2.41. The van der Waals surface area contributed by atoms with Crippen molar-refractivity contribution in [2.24, 2.45) is 0 Å². The normalized spacial score (nSPS) is 10.6. The molecule has 0 aliphatic heterocycles. The van der Waals surface area contributed by atoms with Gasteiger partial charge in [-0.25, -0.2) is 4.98 Å². The van der Waals surface area contributed by atoms with Gasteiger partial charge in [0.1, 0.15) is 0 Å². The van der Waals surface area contributed by atoms with E-state index in [0.29, 0.717) is 28.6 Å². The van der Waals surface area contributed by atoms with Crippen molar-refractivity contribution in [3.05, 3.63) is 77.0 Å². The van der Waals surface area contributed by atoms with Gasteiger partial charge in [0.05, 0.1) is 24.2 Å². The molecule has 3 rings (SSSR count). The van der Waals surface area contributed by atoms with Crippen LogP contribution in [0.1, 0.15) is 21.6 Å². The molecule has 24 heavy (non-hydrogen) atoms. The molecule has 1 aromatic carbocycles. The molecule has 3 aromatic rings. The molecule has 0 radical (unpaired) electrons. The van der Waals surface area contributed by atoms with Crippen molar-refractivity contribution < 1.29 is 9.90 Å². The van der Waals surface area contributed by atoms with E-state index in [1.165, 1.54) is 6.20 Å². The Morgan fingerprint density at radius 3 is 2.83 bits per heavy atom. The maximum absolute atomic E-state index is 12.1. The Labute approximate surface area is 143 Å². The predicted molar refractivity (Wildman–Crippen MR) is 90.9 cm³/mol. The van der Waals surface area contributed by atoms with E-state index in [9.17, 15) is 4.79 Å². The summed E-state index contributed by atoms with van der Waals surface area (Å²) in [6, 6.07) is 10.8. The van der Waals surface area contributed by atoms with Gasteiger partial charge in [-0.3, -0.25) is 9.78 Å². The molecular formula is C17H15ClN4O2. The van der Waals surface area contributed by atoms with Gasteiger partial charge in [-0.1, -0.05) is 23.7 Å². The summed E-state index contributed by atoms with van der Waals surface area (Å²) in [6.45, 7) is 0.450. The minimum Gasteiger partial charge on any atom is -0.390 e. The Kier molecular flexibility index (Phi) is 4.88. The smallest absolute Gasteiger partial charge is 0.258 e. The predicted octanol–water partition coefficient (Wildman–Crippen LogP) is 2.72. The number of aliphatic hydroxyl groups is 1. The fraction of sp³-hybridized carbons (Fsp3) is 0.118. The summed E-state index contributed by atoms with van der Waals surface area (Å²) < 4.78 is 1.86. The van der Waals surface area contributed by atoms with Crippen LogP contribution >= 0.6 is 11.6 Å². The minimum absolute atomic E-state index is 0.157. The summed E-state index contributed by atoms with van der Waals surface area (Å²) in [6.07, 6.45) is 4.81. The highest BCUT2D eigenvalue weighted by molar-refractivity contribution is 6.30. The molecular weight excluding hydrogens is 328 g/mol. The van der Waals surface area contributed by atoms with E-state index in [1.807, 2.05) is 28.8 Å². The summed E-state index contributed by atoms with van der Waals surface area (Å²) in [7, 11) is 0. The summed E-state index contributed by atoms with van der Waals surface area (Å²) in [4.78, 5) is 20.3. The van der Waals surface area contributed by atoms with Gasteiger partial charge in [0.2, 0.25) is 0 Å².